The zero-order valence-corrected chi connectivity index (χ0v) is 16.4. The molecule has 138 valence electrons. The third-order valence-corrected chi connectivity index (χ3v) is 3.77. The average molecular weight is 450 g/mol. The normalized spacial score (nSPS) is 17.7. The Balaban J connectivity index is 0.00000484. The lowest BCUT2D eigenvalue weighted by Crippen LogP contribution is -2.48. The van der Waals surface area contributed by atoms with E-state index in [1.807, 2.05) is 6.92 Å². The maximum atomic E-state index is 12.2. The molecular weight excluding hydrogens is 420 g/mol. The standard InChI is InChI=1S/C15H29F3N4.HI/c1-3-5-10-22-11-6-13(7-12-22)21-14(19-4-2)20-9-8-15(16,17)18;/h13H,3-12H2,1-2H3,(H2,19,20,21);1H. The van der Waals surface area contributed by atoms with E-state index in [1.165, 1.54) is 12.8 Å². The third kappa shape index (κ3) is 11.0. The predicted molar refractivity (Wildman–Crippen MR) is 99.6 cm³/mol. The van der Waals surface area contributed by atoms with Crippen molar-refractivity contribution in [1.29, 1.82) is 0 Å². The number of rotatable bonds is 7. The molecule has 2 N–H and O–H groups in total. The summed E-state index contributed by atoms with van der Waals surface area (Å²) in [5.74, 6) is 0.499. The molecule has 0 spiro atoms. The molecule has 1 heterocycles. The minimum atomic E-state index is -4.15. The highest BCUT2D eigenvalue weighted by Crippen LogP contribution is 2.19. The van der Waals surface area contributed by atoms with Gasteiger partial charge in [-0.1, -0.05) is 13.3 Å². The Bertz CT molecular complexity index is 329. The number of hydrogen-bond donors (Lipinski definition) is 2. The summed E-state index contributed by atoms with van der Waals surface area (Å²) in [6.45, 7) is 7.74. The van der Waals surface area contributed by atoms with Crippen molar-refractivity contribution in [2.45, 2.75) is 58.2 Å². The van der Waals surface area contributed by atoms with Crippen LogP contribution in [0.2, 0.25) is 0 Å². The molecule has 1 rings (SSSR count). The minimum absolute atomic E-state index is 0. The fourth-order valence-electron chi connectivity index (χ4n) is 2.49. The van der Waals surface area contributed by atoms with Gasteiger partial charge in [-0.2, -0.15) is 13.2 Å². The molecule has 0 aromatic carbocycles. The molecule has 1 fully saturated rings. The van der Waals surface area contributed by atoms with Crippen molar-refractivity contribution in [2.75, 3.05) is 32.7 Å². The van der Waals surface area contributed by atoms with Crippen LogP contribution in [0.25, 0.3) is 0 Å². The van der Waals surface area contributed by atoms with Crippen LogP contribution in [-0.2, 0) is 0 Å². The van der Waals surface area contributed by atoms with Crippen LogP contribution in [0.5, 0.6) is 0 Å². The summed E-state index contributed by atoms with van der Waals surface area (Å²) in [6.07, 6.45) is -0.584. The Morgan fingerprint density at radius 3 is 2.39 bits per heavy atom. The van der Waals surface area contributed by atoms with Gasteiger partial charge in [-0.3, -0.25) is 4.99 Å². The number of likely N-dealkylation sites (tertiary alicyclic amines) is 1. The Morgan fingerprint density at radius 2 is 1.87 bits per heavy atom. The van der Waals surface area contributed by atoms with Gasteiger partial charge in [-0.15, -0.1) is 24.0 Å². The smallest absolute Gasteiger partial charge is 0.357 e. The Kier molecular flexibility index (Phi) is 12.0. The van der Waals surface area contributed by atoms with E-state index in [4.69, 9.17) is 0 Å². The topological polar surface area (TPSA) is 39.7 Å². The first kappa shape index (κ1) is 22.8. The molecule has 8 heteroatoms. The van der Waals surface area contributed by atoms with E-state index in [2.05, 4.69) is 27.4 Å². The zero-order valence-electron chi connectivity index (χ0n) is 14.1. The second kappa shape index (κ2) is 12.2. The van der Waals surface area contributed by atoms with E-state index in [1.54, 1.807) is 0 Å². The predicted octanol–water partition coefficient (Wildman–Crippen LogP) is 3.38. The van der Waals surface area contributed by atoms with Crippen molar-refractivity contribution in [1.82, 2.24) is 15.5 Å². The van der Waals surface area contributed by atoms with Gasteiger partial charge in [0.05, 0.1) is 13.0 Å². The number of halogens is 4. The summed E-state index contributed by atoms with van der Waals surface area (Å²) in [6, 6.07) is 0.293. The molecule has 0 aromatic rings. The number of nitrogens with zero attached hydrogens (tertiary/aromatic N) is 2. The monoisotopic (exact) mass is 450 g/mol. The van der Waals surface area contributed by atoms with Crippen LogP contribution >= 0.6 is 24.0 Å². The molecule has 0 atom stereocenters. The molecule has 0 amide bonds. The molecule has 1 saturated heterocycles. The van der Waals surface area contributed by atoms with Crippen LogP contribution in [-0.4, -0.2) is 55.8 Å². The minimum Gasteiger partial charge on any atom is -0.357 e. The van der Waals surface area contributed by atoms with Crippen LogP contribution in [0.1, 0.15) is 46.0 Å². The van der Waals surface area contributed by atoms with E-state index in [0.29, 0.717) is 18.5 Å². The van der Waals surface area contributed by atoms with Crippen molar-refractivity contribution < 1.29 is 13.2 Å². The fourth-order valence-corrected chi connectivity index (χ4v) is 2.49. The van der Waals surface area contributed by atoms with Crippen LogP contribution < -0.4 is 10.6 Å². The second-order valence-corrected chi connectivity index (χ2v) is 5.74. The number of aliphatic imine (C=N–C) groups is 1. The number of piperidine rings is 1. The van der Waals surface area contributed by atoms with Gasteiger partial charge >= 0.3 is 6.18 Å². The number of nitrogens with one attached hydrogen (secondary N) is 2. The molecule has 1 aliphatic rings. The maximum Gasteiger partial charge on any atom is 0.390 e. The highest BCUT2D eigenvalue weighted by molar-refractivity contribution is 14.0. The highest BCUT2D eigenvalue weighted by Gasteiger charge is 2.26. The van der Waals surface area contributed by atoms with Crippen LogP contribution in [0.15, 0.2) is 4.99 Å². The molecule has 0 saturated carbocycles. The Morgan fingerprint density at radius 1 is 1.22 bits per heavy atom. The molecule has 0 radical (unpaired) electrons. The molecular formula is C15H30F3IN4. The van der Waals surface area contributed by atoms with E-state index in [0.717, 1.165) is 32.5 Å². The number of alkyl halides is 3. The lowest BCUT2D eigenvalue weighted by Gasteiger charge is -2.33. The lowest BCUT2D eigenvalue weighted by molar-refractivity contribution is -0.132. The van der Waals surface area contributed by atoms with Gasteiger partial charge in [0.15, 0.2) is 5.96 Å². The summed E-state index contributed by atoms with van der Waals surface area (Å²) in [7, 11) is 0. The van der Waals surface area contributed by atoms with Crippen molar-refractivity contribution in [3.63, 3.8) is 0 Å². The van der Waals surface area contributed by atoms with Crippen LogP contribution in [0.3, 0.4) is 0 Å². The van der Waals surface area contributed by atoms with Crippen LogP contribution in [0, 0.1) is 0 Å². The van der Waals surface area contributed by atoms with E-state index in [9.17, 15) is 13.2 Å². The zero-order chi connectivity index (χ0) is 16.4. The van der Waals surface area contributed by atoms with Crippen molar-refractivity contribution >= 4 is 29.9 Å². The quantitative estimate of drug-likeness (QED) is 0.355. The Hall–Kier alpha value is -0.250. The van der Waals surface area contributed by atoms with Gasteiger partial charge in [0.25, 0.3) is 0 Å². The molecule has 4 nitrogen and oxygen atoms in total. The molecule has 0 aromatic heterocycles. The highest BCUT2D eigenvalue weighted by atomic mass is 127. The molecule has 0 aliphatic carbocycles. The molecule has 0 unspecified atom stereocenters. The van der Waals surface area contributed by atoms with Crippen LogP contribution in [0.4, 0.5) is 13.2 Å². The number of guanidine groups is 1. The van der Waals surface area contributed by atoms with Gasteiger partial charge in [-0.25, -0.2) is 0 Å². The Labute approximate surface area is 154 Å². The second-order valence-electron chi connectivity index (χ2n) is 5.74. The summed E-state index contributed by atoms with van der Waals surface area (Å²) >= 11 is 0. The first-order chi connectivity index (χ1) is 10.4. The van der Waals surface area contributed by atoms with Crippen molar-refractivity contribution in [3.05, 3.63) is 0 Å². The van der Waals surface area contributed by atoms with Gasteiger partial charge in [0, 0.05) is 25.7 Å². The van der Waals surface area contributed by atoms with Gasteiger partial charge in [0.2, 0.25) is 0 Å². The average Bonchev–Trinajstić information content (AvgIpc) is 2.45. The molecule has 1 aliphatic heterocycles. The molecule has 0 bridgehead atoms. The summed E-state index contributed by atoms with van der Waals surface area (Å²) in [5.41, 5.74) is 0. The SMILES string of the molecule is CCCCN1CCC(NC(=NCCC(F)(F)F)NCC)CC1.I. The number of unbranched alkanes of at least 4 members (excludes halogenated alkanes) is 1. The lowest BCUT2D eigenvalue weighted by atomic mass is 10.0. The van der Waals surface area contributed by atoms with E-state index in [-0.39, 0.29) is 30.5 Å². The number of hydrogen-bond acceptors (Lipinski definition) is 2. The van der Waals surface area contributed by atoms with Gasteiger partial charge < -0.3 is 15.5 Å². The first-order valence-electron chi connectivity index (χ1n) is 8.28. The summed E-state index contributed by atoms with van der Waals surface area (Å²) in [4.78, 5) is 6.48. The van der Waals surface area contributed by atoms with E-state index >= 15 is 0 Å². The summed E-state index contributed by atoms with van der Waals surface area (Å²) < 4.78 is 36.5. The fraction of sp³-hybridized carbons (Fsp3) is 0.933. The molecule has 23 heavy (non-hydrogen) atoms. The van der Waals surface area contributed by atoms with Crippen molar-refractivity contribution in [3.8, 4) is 0 Å². The largest absolute Gasteiger partial charge is 0.390 e. The van der Waals surface area contributed by atoms with Gasteiger partial charge in [-0.05, 0) is 32.7 Å². The summed E-state index contributed by atoms with van der Waals surface area (Å²) in [5, 5.41) is 6.28. The van der Waals surface area contributed by atoms with Crippen molar-refractivity contribution in [2.24, 2.45) is 4.99 Å². The van der Waals surface area contributed by atoms with Gasteiger partial charge in [0.1, 0.15) is 0 Å². The van der Waals surface area contributed by atoms with E-state index < -0.39 is 12.6 Å². The maximum absolute atomic E-state index is 12.2. The first-order valence-corrected chi connectivity index (χ1v) is 8.28. The third-order valence-electron chi connectivity index (χ3n) is 3.77.